The number of nitrogens with one attached hydrogen (secondary N) is 3. The van der Waals surface area contributed by atoms with Crippen LogP contribution in [0.4, 0.5) is 17.5 Å². The number of rotatable bonds is 4. The van der Waals surface area contributed by atoms with Crippen molar-refractivity contribution in [2.45, 2.75) is 13.8 Å². The van der Waals surface area contributed by atoms with Crippen molar-refractivity contribution in [3.63, 3.8) is 0 Å². The van der Waals surface area contributed by atoms with Crippen molar-refractivity contribution in [2.24, 2.45) is 0 Å². The third-order valence-electron chi connectivity index (χ3n) is 4.16. The van der Waals surface area contributed by atoms with Gasteiger partial charge in [0.15, 0.2) is 5.65 Å². The largest absolute Gasteiger partial charge is 0.384 e. The quantitative estimate of drug-likeness (QED) is 0.536. The summed E-state index contributed by atoms with van der Waals surface area (Å²) in [5.74, 6) is 1.37. The molecule has 0 aliphatic carbocycles. The van der Waals surface area contributed by atoms with E-state index in [9.17, 15) is 0 Å². The molecular formula is C17H20BrClN6. The van der Waals surface area contributed by atoms with Crippen LogP contribution < -0.4 is 16.0 Å². The van der Waals surface area contributed by atoms with Crippen LogP contribution >= 0.6 is 27.5 Å². The van der Waals surface area contributed by atoms with Gasteiger partial charge in [0.1, 0.15) is 11.0 Å². The molecule has 2 heterocycles. The second-order valence-electron chi connectivity index (χ2n) is 5.73. The van der Waals surface area contributed by atoms with Crippen LogP contribution in [-0.4, -0.2) is 35.7 Å². The molecule has 0 saturated carbocycles. The highest BCUT2D eigenvalue weighted by atomic mass is 79.9. The monoisotopic (exact) mass is 422 g/mol. The molecule has 0 bridgehead atoms. The van der Waals surface area contributed by atoms with Crippen LogP contribution in [0.25, 0.3) is 16.7 Å². The van der Waals surface area contributed by atoms with Crippen molar-refractivity contribution in [1.82, 2.24) is 14.5 Å². The number of aryl methyl sites for hydroxylation is 2. The van der Waals surface area contributed by atoms with Crippen molar-refractivity contribution < 1.29 is 0 Å². The lowest BCUT2D eigenvalue weighted by Crippen LogP contribution is -2.07. The molecule has 0 spiro atoms. The third-order valence-corrected chi connectivity index (χ3v) is 4.89. The molecule has 3 N–H and O–H groups in total. The highest BCUT2D eigenvalue weighted by molar-refractivity contribution is 9.10. The van der Waals surface area contributed by atoms with Gasteiger partial charge in [0.05, 0.1) is 16.8 Å². The normalized spacial score (nSPS) is 11.0. The molecule has 0 amide bonds. The SMILES string of the molecule is CNc1nc(Cl)c2c(NC)c(NC)n(-c3c(C)cc(Br)cc3C)c2n1. The van der Waals surface area contributed by atoms with E-state index in [0.717, 1.165) is 43.8 Å². The zero-order valence-corrected chi connectivity index (χ0v) is 17.1. The van der Waals surface area contributed by atoms with Crippen molar-refractivity contribution in [3.05, 3.63) is 32.9 Å². The molecule has 0 radical (unpaired) electrons. The number of halogens is 2. The average molecular weight is 424 g/mol. The van der Waals surface area contributed by atoms with E-state index < -0.39 is 0 Å². The Kier molecular flexibility index (Phi) is 4.79. The minimum Gasteiger partial charge on any atom is -0.384 e. The highest BCUT2D eigenvalue weighted by Gasteiger charge is 2.24. The van der Waals surface area contributed by atoms with Crippen LogP contribution in [0, 0.1) is 13.8 Å². The summed E-state index contributed by atoms with van der Waals surface area (Å²) in [4.78, 5) is 9.00. The molecule has 6 nitrogen and oxygen atoms in total. The first kappa shape index (κ1) is 17.8. The first-order valence-corrected chi connectivity index (χ1v) is 9.02. The van der Waals surface area contributed by atoms with Gasteiger partial charge in [-0.2, -0.15) is 4.98 Å². The first-order chi connectivity index (χ1) is 11.9. The first-order valence-electron chi connectivity index (χ1n) is 7.85. The Morgan fingerprint density at radius 3 is 2.16 bits per heavy atom. The second-order valence-corrected chi connectivity index (χ2v) is 7.01. The Bertz CT molecular complexity index is 943. The van der Waals surface area contributed by atoms with Crippen LogP contribution in [0.2, 0.25) is 5.15 Å². The van der Waals surface area contributed by atoms with Gasteiger partial charge in [-0.1, -0.05) is 27.5 Å². The van der Waals surface area contributed by atoms with E-state index >= 15 is 0 Å². The van der Waals surface area contributed by atoms with E-state index in [-0.39, 0.29) is 0 Å². The van der Waals surface area contributed by atoms with Gasteiger partial charge < -0.3 is 16.0 Å². The van der Waals surface area contributed by atoms with Crippen LogP contribution in [0.15, 0.2) is 16.6 Å². The molecule has 3 rings (SSSR count). The molecule has 3 aromatic rings. The molecule has 8 heteroatoms. The molecule has 25 heavy (non-hydrogen) atoms. The van der Waals surface area contributed by atoms with Gasteiger partial charge in [0.25, 0.3) is 0 Å². The molecule has 2 aromatic heterocycles. The molecule has 0 aliphatic heterocycles. The van der Waals surface area contributed by atoms with Gasteiger partial charge in [0, 0.05) is 25.6 Å². The maximum atomic E-state index is 6.48. The molecule has 0 aliphatic rings. The number of aromatic nitrogens is 3. The van der Waals surface area contributed by atoms with E-state index in [0.29, 0.717) is 11.1 Å². The minimum atomic E-state index is 0.404. The summed E-state index contributed by atoms with van der Waals surface area (Å²) in [5.41, 5.74) is 4.93. The topological polar surface area (TPSA) is 66.8 Å². The standard InChI is InChI=1S/C17H20BrClN6/c1-8-6-10(18)7-9(2)13(8)25-15-11(12(20-3)16(25)21-4)14(19)23-17(22-5)24-15/h6-7,20-21H,1-5H3,(H,22,23,24). The van der Waals surface area contributed by atoms with Crippen LogP contribution in [0.1, 0.15) is 11.1 Å². The van der Waals surface area contributed by atoms with Crippen molar-refractivity contribution in [1.29, 1.82) is 0 Å². The van der Waals surface area contributed by atoms with Crippen LogP contribution in [0.3, 0.4) is 0 Å². The molecule has 132 valence electrons. The summed E-state index contributed by atoms with van der Waals surface area (Å²) in [6, 6.07) is 4.18. The highest BCUT2D eigenvalue weighted by Crippen LogP contribution is 2.41. The van der Waals surface area contributed by atoms with E-state index in [1.54, 1.807) is 7.05 Å². The van der Waals surface area contributed by atoms with E-state index in [2.05, 4.69) is 72.4 Å². The number of anilines is 3. The number of benzene rings is 1. The number of hydrogen-bond donors (Lipinski definition) is 3. The number of fused-ring (bicyclic) bond motifs is 1. The molecule has 0 fully saturated rings. The summed E-state index contributed by atoms with van der Waals surface area (Å²) in [7, 11) is 5.53. The van der Waals surface area contributed by atoms with Crippen molar-refractivity contribution in [3.8, 4) is 5.69 Å². The van der Waals surface area contributed by atoms with Gasteiger partial charge in [0.2, 0.25) is 5.95 Å². The summed E-state index contributed by atoms with van der Waals surface area (Å²) < 4.78 is 3.14. The fourth-order valence-corrected chi connectivity index (χ4v) is 4.15. The third kappa shape index (κ3) is 2.81. The molecule has 1 aromatic carbocycles. The zero-order chi connectivity index (χ0) is 18.3. The smallest absolute Gasteiger partial charge is 0.225 e. The van der Waals surface area contributed by atoms with Crippen LogP contribution in [-0.2, 0) is 0 Å². The minimum absolute atomic E-state index is 0.404. The van der Waals surface area contributed by atoms with Gasteiger partial charge in [-0.25, -0.2) is 4.98 Å². The lowest BCUT2D eigenvalue weighted by molar-refractivity contribution is 1.04. The molecule has 0 unspecified atom stereocenters. The van der Waals surface area contributed by atoms with Gasteiger partial charge >= 0.3 is 0 Å². The fourth-order valence-electron chi connectivity index (χ4n) is 3.20. The lowest BCUT2D eigenvalue weighted by atomic mass is 10.1. The molecular weight excluding hydrogens is 404 g/mol. The van der Waals surface area contributed by atoms with E-state index in [4.69, 9.17) is 11.6 Å². The predicted octanol–water partition coefficient (Wildman–Crippen LogP) is 4.58. The average Bonchev–Trinajstić information content (AvgIpc) is 2.87. The Morgan fingerprint density at radius 2 is 1.64 bits per heavy atom. The Hall–Kier alpha value is -1.99. The number of nitrogens with zero attached hydrogens (tertiary/aromatic N) is 3. The number of hydrogen-bond acceptors (Lipinski definition) is 5. The molecule has 0 saturated heterocycles. The Balaban J connectivity index is 2.52. The maximum Gasteiger partial charge on any atom is 0.225 e. The summed E-state index contributed by atoms with van der Waals surface area (Å²) in [6.45, 7) is 4.17. The summed E-state index contributed by atoms with van der Waals surface area (Å²) >= 11 is 10.0. The maximum absolute atomic E-state index is 6.48. The summed E-state index contributed by atoms with van der Waals surface area (Å²) in [5, 5.41) is 10.7. The van der Waals surface area contributed by atoms with Gasteiger partial charge in [-0.05, 0) is 37.1 Å². The van der Waals surface area contributed by atoms with Crippen molar-refractivity contribution >= 4 is 56.0 Å². The van der Waals surface area contributed by atoms with E-state index in [1.807, 2.05) is 14.1 Å². The Morgan fingerprint density at radius 1 is 1.00 bits per heavy atom. The second kappa shape index (κ2) is 6.72. The Labute approximate surface area is 160 Å². The fraction of sp³-hybridized carbons (Fsp3) is 0.294. The van der Waals surface area contributed by atoms with E-state index in [1.165, 1.54) is 0 Å². The predicted molar refractivity (Wildman–Crippen MR) is 110 cm³/mol. The zero-order valence-electron chi connectivity index (χ0n) is 14.8. The lowest BCUT2D eigenvalue weighted by Gasteiger charge is -2.16. The van der Waals surface area contributed by atoms with Gasteiger partial charge in [-0.15, -0.1) is 0 Å². The summed E-state index contributed by atoms with van der Waals surface area (Å²) in [6.07, 6.45) is 0. The molecule has 0 atom stereocenters. The van der Waals surface area contributed by atoms with Crippen LogP contribution in [0.5, 0.6) is 0 Å². The van der Waals surface area contributed by atoms with Gasteiger partial charge in [-0.3, -0.25) is 4.57 Å². The van der Waals surface area contributed by atoms with Crippen molar-refractivity contribution in [2.75, 3.05) is 37.1 Å².